The van der Waals surface area contributed by atoms with Crippen molar-refractivity contribution in [3.8, 4) is 5.75 Å². The summed E-state index contributed by atoms with van der Waals surface area (Å²) >= 11 is 3.44. The Labute approximate surface area is 101 Å². The highest BCUT2D eigenvalue weighted by molar-refractivity contribution is 9.10. The summed E-state index contributed by atoms with van der Waals surface area (Å²) in [4.78, 5) is 0. The standard InChI is InChI=1S/C14H9BrO/c15-11-5-6-13-10(8-11)7-9-3-1-2-4-12(9)14(13)16/h1-8,16H. The van der Waals surface area contributed by atoms with E-state index in [4.69, 9.17) is 0 Å². The molecule has 0 aliphatic heterocycles. The van der Waals surface area contributed by atoms with Crippen LogP contribution in [0.1, 0.15) is 0 Å². The summed E-state index contributed by atoms with van der Waals surface area (Å²) in [6, 6.07) is 15.8. The molecular weight excluding hydrogens is 264 g/mol. The van der Waals surface area contributed by atoms with Gasteiger partial charge in [0.2, 0.25) is 0 Å². The van der Waals surface area contributed by atoms with Gasteiger partial charge in [-0.15, -0.1) is 0 Å². The first-order valence-electron chi connectivity index (χ1n) is 5.06. The van der Waals surface area contributed by atoms with Crippen LogP contribution < -0.4 is 0 Å². The molecule has 0 aromatic heterocycles. The lowest BCUT2D eigenvalue weighted by atomic mass is 10.0. The Morgan fingerprint density at radius 1 is 0.812 bits per heavy atom. The second-order valence-corrected chi connectivity index (χ2v) is 4.73. The second kappa shape index (κ2) is 3.49. The summed E-state index contributed by atoms with van der Waals surface area (Å²) in [6.07, 6.45) is 0. The van der Waals surface area contributed by atoms with Crippen LogP contribution in [0.4, 0.5) is 0 Å². The lowest BCUT2D eigenvalue weighted by molar-refractivity contribution is 0.488. The Kier molecular flexibility index (Phi) is 2.11. The fraction of sp³-hybridized carbons (Fsp3) is 0. The first-order valence-corrected chi connectivity index (χ1v) is 5.85. The predicted molar refractivity (Wildman–Crippen MR) is 70.8 cm³/mol. The third-order valence-corrected chi connectivity index (χ3v) is 3.29. The summed E-state index contributed by atoms with van der Waals surface area (Å²) in [5, 5.41) is 14.1. The van der Waals surface area contributed by atoms with Gasteiger partial charge in [-0.1, -0.05) is 40.2 Å². The quantitative estimate of drug-likeness (QED) is 0.599. The van der Waals surface area contributed by atoms with Crippen LogP contribution in [0.15, 0.2) is 53.0 Å². The van der Waals surface area contributed by atoms with Crippen LogP contribution in [-0.2, 0) is 0 Å². The van der Waals surface area contributed by atoms with Gasteiger partial charge in [0.1, 0.15) is 5.75 Å². The molecule has 0 bridgehead atoms. The van der Waals surface area contributed by atoms with E-state index < -0.39 is 0 Å². The molecule has 0 heterocycles. The molecule has 3 aromatic carbocycles. The first-order chi connectivity index (χ1) is 7.75. The number of phenols is 1. The number of phenolic OH excluding ortho intramolecular Hbond substituents is 1. The van der Waals surface area contributed by atoms with Gasteiger partial charge >= 0.3 is 0 Å². The molecule has 1 nitrogen and oxygen atoms in total. The molecule has 0 unspecified atom stereocenters. The SMILES string of the molecule is Oc1c2ccccc2cc2cc(Br)ccc12. The van der Waals surface area contributed by atoms with Gasteiger partial charge in [0.25, 0.3) is 0 Å². The number of halogens is 1. The smallest absolute Gasteiger partial charge is 0.131 e. The zero-order valence-corrected chi connectivity index (χ0v) is 10.0. The van der Waals surface area contributed by atoms with Gasteiger partial charge in [0.05, 0.1) is 0 Å². The normalized spacial score (nSPS) is 11.1. The number of aromatic hydroxyl groups is 1. The van der Waals surface area contributed by atoms with Crippen LogP contribution in [0.2, 0.25) is 0 Å². The minimum Gasteiger partial charge on any atom is -0.507 e. The van der Waals surface area contributed by atoms with E-state index in [2.05, 4.69) is 22.0 Å². The summed E-state index contributed by atoms with van der Waals surface area (Å²) in [6.45, 7) is 0. The van der Waals surface area contributed by atoms with E-state index in [1.54, 1.807) is 0 Å². The van der Waals surface area contributed by atoms with Gasteiger partial charge in [-0.05, 0) is 35.0 Å². The molecule has 78 valence electrons. The molecule has 2 heteroatoms. The molecule has 3 rings (SSSR count). The number of fused-ring (bicyclic) bond motifs is 2. The topological polar surface area (TPSA) is 20.2 Å². The highest BCUT2D eigenvalue weighted by Crippen LogP contribution is 2.34. The van der Waals surface area contributed by atoms with E-state index in [0.29, 0.717) is 5.75 Å². The van der Waals surface area contributed by atoms with Crippen LogP contribution in [0.25, 0.3) is 21.5 Å². The fourth-order valence-electron chi connectivity index (χ4n) is 2.02. The van der Waals surface area contributed by atoms with Crippen LogP contribution in [-0.4, -0.2) is 5.11 Å². The minimum absolute atomic E-state index is 0.362. The van der Waals surface area contributed by atoms with Gasteiger partial charge in [-0.25, -0.2) is 0 Å². The van der Waals surface area contributed by atoms with Crippen LogP contribution >= 0.6 is 15.9 Å². The van der Waals surface area contributed by atoms with E-state index in [1.165, 1.54) is 0 Å². The highest BCUT2D eigenvalue weighted by Gasteiger charge is 2.05. The maximum Gasteiger partial charge on any atom is 0.131 e. The molecule has 0 fully saturated rings. The van der Waals surface area contributed by atoms with E-state index in [9.17, 15) is 5.11 Å². The molecule has 3 aromatic rings. The Morgan fingerprint density at radius 3 is 2.44 bits per heavy atom. The highest BCUT2D eigenvalue weighted by atomic mass is 79.9. The molecule has 0 aliphatic carbocycles. The molecule has 0 radical (unpaired) electrons. The molecule has 0 spiro atoms. The number of hydrogen-bond acceptors (Lipinski definition) is 1. The Hall–Kier alpha value is -1.54. The zero-order chi connectivity index (χ0) is 11.1. The molecular formula is C14H9BrO. The fourth-order valence-corrected chi connectivity index (χ4v) is 2.40. The molecule has 0 saturated carbocycles. The van der Waals surface area contributed by atoms with E-state index in [1.807, 2.05) is 42.5 Å². The number of benzene rings is 3. The van der Waals surface area contributed by atoms with Crippen molar-refractivity contribution in [1.29, 1.82) is 0 Å². The molecule has 0 aliphatic rings. The summed E-state index contributed by atoms with van der Waals surface area (Å²) in [7, 11) is 0. The third kappa shape index (κ3) is 1.38. The Bertz CT molecular complexity index is 689. The average Bonchev–Trinajstić information content (AvgIpc) is 2.29. The van der Waals surface area contributed by atoms with Gasteiger partial charge in [0.15, 0.2) is 0 Å². The van der Waals surface area contributed by atoms with Crippen molar-refractivity contribution in [3.63, 3.8) is 0 Å². The van der Waals surface area contributed by atoms with Crippen molar-refractivity contribution in [2.75, 3.05) is 0 Å². The first kappa shape index (κ1) is 9.67. The lowest BCUT2D eigenvalue weighted by Crippen LogP contribution is -1.78. The maximum absolute atomic E-state index is 10.2. The van der Waals surface area contributed by atoms with E-state index in [0.717, 1.165) is 26.0 Å². The summed E-state index contributed by atoms with van der Waals surface area (Å²) in [5.74, 6) is 0.362. The van der Waals surface area contributed by atoms with Crippen molar-refractivity contribution in [2.24, 2.45) is 0 Å². The Balaban J connectivity index is 2.55. The van der Waals surface area contributed by atoms with Crippen molar-refractivity contribution in [2.45, 2.75) is 0 Å². The Morgan fingerprint density at radius 2 is 1.56 bits per heavy atom. The van der Waals surface area contributed by atoms with Crippen molar-refractivity contribution < 1.29 is 5.11 Å². The van der Waals surface area contributed by atoms with Gasteiger partial charge in [0, 0.05) is 15.2 Å². The lowest BCUT2D eigenvalue weighted by Gasteiger charge is -2.06. The number of hydrogen-bond donors (Lipinski definition) is 1. The van der Waals surface area contributed by atoms with Crippen molar-refractivity contribution in [3.05, 3.63) is 53.0 Å². The minimum atomic E-state index is 0.362. The second-order valence-electron chi connectivity index (χ2n) is 3.81. The number of rotatable bonds is 0. The average molecular weight is 273 g/mol. The predicted octanol–water partition coefficient (Wildman–Crippen LogP) is 4.46. The van der Waals surface area contributed by atoms with Gasteiger partial charge < -0.3 is 5.11 Å². The maximum atomic E-state index is 10.2. The molecule has 1 N–H and O–H groups in total. The summed E-state index contributed by atoms with van der Waals surface area (Å²) in [5.41, 5.74) is 0. The summed E-state index contributed by atoms with van der Waals surface area (Å²) < 4.78 is 1.02. The van der Waals surface area contributed by atoms with Crippen molar-refractivity contribution >= 4 is 37.5 Å². The van der Waals surface area contributed by atoms with E-state index >= 15 is 0 Å². The largest absolute Gasteiger partial charge is 0.507 e. The van der Waals surface area contributed by atoms with Gasteiger partial charge in [-0.2, -0.15) is 0 Å². The molecule has 0 atom stereocenters. The molecule has 16 heavy (non-hydrogen) atoms. The van der Waals surface area contributed by atoms with E-state index in [-0.39, 0.29) is 0 Å². The van der Waals surface area contributed by atoms with Gasteiger partial charge in [-0.3, -0.25) is 0 Å². The van der Waals surface area contributed by atoms with Crippen LogP contribution in [0, 0.1) is 0 Å². The molecule has 0 saturated heterocycles. The molecule has 0 amide bonds. The third-order valence-electron chi connectivity index (χ3n) is 2.80. The zero-order valence-electron chi connectivity index (χ0n) is 8.44. The van der Waals surface area contributed by atoms with Crippen LogP contribution in [0.5, 0.6) is 5.75 Å². The van der Waals surface area contributed by atoms with Crippen LogP contribution in [0.3, 0.4) is 0 Å². The van der Waals surface area contributed by atoms with Crippen molar-refractivity contribution in [1.82, 2.24) is 0 Å². The monoisotopic (exact) mass is 272 g/mol.